The summed E-state index contributed by atoms with van der Waals surface area (Å²) in [6, 6.07) is 5.92. The molecule has 0 bridgehead atoms. The Morgan fingerprint density at radius 1 is 1.28 bits per heavy atom. The van der Waals surface area contributed by atoms with Gasteiger partial charge in [-0.2, -0.15) is 4.99 Å². The van der Waals surface area contributed by atoms with Crippen molar-refractivity contribution >= 4 is 23.5 Å². The van der Waals surface area contributed by atoms with Crippen LogP contribution in [0.5, 0.6) is 0 Å². The summed E-state index contributed by atoms with van der Waals surface area (Å²) in [5.74, 6) is 0.709. The van der Waals surface area contributed by atoms with Gasteiger partial charge in [-0.1, -0.05) is 39.2 Å². The molecule has 5 N–H and O–H groups in total. The highest BCUT2D eigenvalue weighted by Gasteiger charge is 2.23. The van der Waals surface area contributed by atoms with Crippen LogP contribution in [0.1, 0.15) is 62.7 Å². The molecule has 2 atom stereocenters. The highest BCUT2D eigenvalue weighted by Crippen LogP contribution is 2.21. The second-order valence-corrected chi connectivity index (χ2v) is 7.90. The summed E-state index contributed by atoms with van der Waals surface area (Å²) in [6.07, 6.45) is 6.97. The number of carbonyl (C=O) groups excluding carboxylic acids is 2. The lowest BCUT2D eigenvalue weighted by Gasteiger charge is -2.33. The fourth-order valence-electron chi connectivity index (χ4n) is 3.94. The van der Waals surface area contributed by atoms with Crippen LogP contribution in [0, 0.1) is 11.8 Å². The van der Waals surface area contributed by atoms with Gasteiger partial charge in [0.1, 0.15) is 5.84 Å². The van der Waals surface area contributed by atoms with Crippen LogP contribution < -0.4 is 16.8 Å². The Kier molecular flexibility index (Phi) is 9.12. The van der Waals surface area contributed by atoms with Crippen molar-refractivity contribution in [1.82, 2.24) is 4.90 Å². The third-order valence-corrected chi connectivity index (χ3v) is 5.68. The molecule has 29 heavy (non-hydrogen) atoms. The molecule has 1 aromatic rings. The lowest BCUT2D eigenvalue weighted by Crippen LogP contribution is -2.42. The number of likely N-dealkylation sites (tertiary alicyclic amines) is 1. The zero-order chi connectivity index (χ0) is 21.2. The SMILES string of the molecule is CCCC(CC)CCN1CCCC(/C(N)=N/C(=O)Nc2cccc(C(N)=O)c2)C1. The Labute approximate surface area is 173 Å². The van der Waals surface area contributed by atoms with Crippen molar-refractivity contribution in [1.29, 1.82) is 0 Å². The zero-order valence-corrected chi connectivity index (χ0v) is 17.7. The van der Waals surface area contributed by atoms with Gasteiger partial charge in [0.25, 0.3) is 0 Å². The van der Waals surface area contributed by atoms with E-state index in [0.717, 1.165) is 38.4 Å². The Morgan fingerprint density at radius 3 is 2.76 bits per heavy atom. The zero-order valence-electron chi connectivity index (χ0n) is 17.7. The molecular weight excluding hydrogens is 366 g/mol. The Balaban J connectivity index is 1.90. The average molecular weight is 402 g/mol. The van der Waals surface area contributed by atoms with E-state index in [9.17, 15) is 9.59 Å². The molecule has 7 heteroatoms. The quantitative estimate of drug-likeness (QED) is 0.433. The minimum absolute atomic E-state index is 0.0951. The number of nitrogens with zero attached hydrogens (tertiary/aromatic N) is 2. The molecule has 1 aliphatic heterocycles. The summed E-state index contributed by atoms with van der Waals surface area (Å²) in [6.45, 7) is 7.52. The molecule has 7 nitrogen and oxygen atoms in total. The monoisotopic (exact) mass is 401 g/mol. The Hall–Kier alpha value is -2.41. The molecule has 0 radical (unpaired) electrons. The fourth-order valence-corrected chi connectivity index (χ4v) is 3.94. The van der Waals surface area contributed by atoms with Gasteiger partial charge in [-0.25, -0.2) is 4.79 Å². The number of urea groups is 1. The second-order valence-electron chi connectivity index (χ2n) is 7.90. The number of amides is 3. The second kappa shape index (κ2) is 11.6. The standard InChI is InChI=1S/C22H35N5O2/c1-3-7-16(4-2)11-13-27-12-6-9-18(15-27)20(23)26-22(29)25-19-10-5-8-17(14-19)21(24)28/h5,8,10,14,16,18H,3-4,6-7,9,11-13,15H2,1-2H3,(H2,24,28)(H3,23,25,26,29). The molecule has 0 spiro atoms. The normalized spacial score (nSPS) is 19.0. The maximum absolute atomic E-state index is 12.2. The van der Waals surface area contributed by atoms with Gasteiger partial charge in [0.2, 0.25) is 5.91 Å². The van der Waals surface area contributed by atoms with E-state index in [2.05, 4.69) is 29.1 Å². The minimum atomic E-state index is -0.546. The maximum Gasteiger partial charge on any atom is 0.347 e. The van der Waals surface area contributed by atoms with E-state index in [1.807, 2.05) is 0 Å². The third-order valence-electron chi connectivity index (χ3n) is 5.68. The predicted octanol–water partition coefficient (Wildman–Crippen LogP) is 3.60. The van der Waals surface area contributed by atoms with Crippen LogP contribution in [0.4, 0.5) is 10.5 Å². The summed E-state index contributed by atoms with van der Waals surface area (Å²) in [7, 11) is 0. The van der Waals surface area contributed by atoms with Gasteiger partial charge in [0, 0.05) is 23.7 Å². The molecule has 1 fully saturated rings. The number of anilines is 1. The van der Waals surface area contributed by atoms with Gasteiger partial charge in [-0.05, 0) is 56.5 Å². The first-order valence-electron chi connectivity index (χ1n) is 10.7. The number of aliphatic imine (C=N–C) groups is 1. The number of nitrogens with two attached hydrogens (primary N) is 2. The highest BCUT2D eigenvalue weighted by molar-refractivity contribution is 6.01. The van der Waals surface area contributed by atoms with E-state index in [4.69, 9.17) is 11.5 Å². The number of primary amides is 1. The maximum atomic E-state index is 12.2. The highest BCUT2D eigenvalue weighted by atomic mass is 16.2. The first kappa shape index (κ1) is 22.9. The number of piperidine rings is 1. The van der Waals surface area contributed by atoms with Crippen LogP contribution in [-0.2, 0) is 0 Å². The Morgan fingerprint density at radius 2 is 2.07 bits per heavy atom. The number of hydrogen-bond acceptors (Lipinski definition) is 3. The van der Waals surface area contributed by atoms with Crippen molar-refractivity contribution in [2.45, 2.75) is 52.4 Å². The number of hydrogen-bond donors (Lipinski definition) is 3. The van der Waals surface area contributed by atoms with Crippen molar-refractivity contribution in [3.05, 3.63) is 29.8 Å². The summed E-state index contributed by atoms with van der Waals surface area (Å²) < 4.78 is 0. The lowest BCUT2D eigenvalue weighted by molar-refractivity contribution is 0.1000. The summed E-state index contributed by atoms with van der Waals surface area (Å²) in [5.41, 5.74) is 12.2. The lowest BCUT2D eigenvalue weighted by atomic mass is 9.94. The van der Waals surface area contributed by atoms with Crippen LogP contribution in [0.25, 0.3) is 0 Å². The van der Waals surface area contributed by atoms with Crippen LogP contribution in [0.2, 0.25) is 0 Å². The summed E-state index contributed by atoms with van der Waals surface area (Å²) >= 11 is 0. The number of benzene rings is 1. The van der Waals surface area contributed by atoms with E-state index in [-0.39, 0.29) is 5.92 Å². The van der Waals surface area contributed by atoms with Crippen molar-refractivity contribution in [3.8, 4) is 0 Å². The molecule has 0 aromatic heterocycles. The smallest absolute Gasteiger partial charge is 0.347 e. The number of rotatable bonds is 9. The number of nitrogens with one attached hydrogen (secondary N) is 1. The summed E-state index contributed by atoms with van der Waals surface area (Å²) in [4.78, 5) is 30.0. The van der Waals surface area contributed by atoms with Crippen molar-refractivity contribution in [2.24, 2.45) is 28.3 Å². The van der Waals surface area contributed by atoms with E-state index < -0.39 is 11.9 Å². The molecule has 0 saturated carbocycles. The van der Waals surface area contributed by atoms with Gasteiger partial charge in [0.15, 0.2) is 0 Å². The van der Waals surface area contributed by atoms with Crippen LogP contribution in [0.3, 0.4) is 0 Å². The molecule has 3 amide bonds. The average Bonchev–Trinajstić information content (AvgIpc) is 2.71. The van der Waals surface area contributed by atoms with Crippen LogP contribution in [-0.4, -0.2) is 42.3 Å². The van der Waals surface area contributed by atoms with E-state index in [1.165, 1.54) is 31.7 Å². The molecule has 1 aromatic carbocycles. The number of carbonyl (C=O) groups is 2. The summed E-state index contributed by atoms with van der Waals surface area (Å²) in [5, 5.41) is 2.65. The molecule has 0 aliphatic carbocycles. The molecule has 1 heterocycles. The molecule has 2 unspecified atom stereocenters. The fraction of sp³-hybridized carbons (Fsp3) is 0.591. The van der Waals surface area contributed by atoms with Gasteiger partial charge in [0.05, 0.1) is 0 Å². The molecule has 2 rings (SSSR count). The van der Waals surface area contributed by atoms with Crippen molar-refractivity contribution in [2.75, 3.05) is 25.0 Å². The predicted molar refractivity (Wildman–Crippen MR) is 118 cm³/mol. The van der Waals surface area contributed by atoms with Gasteiger partial charge >= 0.3 is 6.03 Å². The van der Waals surface area contributed by atoms with Crippen molar-refractivity contribution in [3.63, 3.8) is 0 Å². The van der Waals surface area contributed by atoms with E-state index >= 15 is 0 Å². The van der Waals surface area contributed by atoms with E-state index in [0.29, 0.717) is 17.1 Å². The van der Waals surface area contributed by atoms with Gasteiger partial charge in [-0.3, -0.25) is 4.79 Å². The molecule has 160 valence electrons. The van der Waals surface area contributed by atoms with Crippen LogP contribution in [0.15, 0.2) is 29.3 Å². The Bertz CT molecular complexity index is 719. The molecular formula is C22H35N5O2. The first-order valence-corrected chi connectivity index (χ1v) is 10.7. The van der Waals surface area contributed by atoms with Crippen molar-refractivity contribution < 1.29 is 9.59 Å². The van der Waals surface area contributed by atoms with Gasteiger partial charge < -0.3 is 21.7 Å². The minimum Gasteiger partial charge on any atom is -0.387 e. The van der Waals surface area contributed by atoms with Crippen LogP contribution >= 0.6 is 0 Å². The first-order chi connectivity index (χ1) is 13.9. The van der Waals surface area contributed by atoms with E-state index in [1.54, 1.807) is 18.2 Å². The number of amidine groups is 1. The molecule has 1 aliphatic rings. The van der Waals surface area contributed by atoms with Gasteiger partial charge in [-0.15, -0.1) is 0 Å². The molecule has 1 saturated heterocycles. The third kappa shape index (κ3) is 7.49. The largest absolute Gasteiger partial charge is 0.387 e. The topological polar surface area (TPSA) is 114 Å².